The third-order valence-electron chi connectivity index (χ3n) is 3.28. The van der Waals surface area contributed by atoms with Gasteiger partial charge in [-0.1, -0.05) is 5.16 Å². The minimum absolute atomic E-state index is 0. The Hall–Kier alpha value is -0.650. The van der Waals surface area contributed by atoms with Crippen molar-refractivity contribution in [2.45, 2.75) is 38.6 Å². The van der Waals surface area contributed by atoms with E-state index in [0.717, 1.165) is 50.6 Å². The highest BCUT2D eigenvalue weighted by Crippen LogP contribution is 2.18. The van der Waals surface area contributed by atoms with Crippen molar-refractivity contribution in [3.05, 3.63) is 11.7 Å². The van der Waals surface area contributed by atoms with Gasteiger partial charge >= 0.3 is 0 Å². The van der Waals surface area contributed by atoms with E-state index in [1.54, 1.807) is 0 Å². The minimum atomic E-state index is 0. The van der Waals surface area contributed by atoms with Crippen molar-refractivity contribution in [1.82, 2.24) is 15.5 Å². The van der Waals surface area contributed by atoms with Crippen molar-refractivity contribution in [1.29, 1.82) is 0 Å². The lowest BCUT2D eigenvalue weighted by molar-refractivity contribution is 0.183. The summed E-state index contributed by atoms with van der Waals surface area (Å²) in [7, 11) is 1.94. The van der Waals surface area contributed by atoms with Crippen molar-refractivity contribution in [2.75, 3.05) is 20.3 Å². The Labute approximate surface area is 114 Å². The van der Waals surface area contributed by atoms with Crippen molar-refractivity contribution >= 4 is 12.4 Å². The molecule has 1 N–H and O–H groups in total. The molecule has 1 aromatic heterocycles. The standard InChI is InChI=1S/C12H21N3O2.ClH/c1-9(13-2)7-11-14-12(17-15-11)4-3-10-5-6-16-8-10;/h9-10,13H,3-8H2,1-2H3;1H. The van der Waals surface area contributed by atoms with Gasteiger partial charge in [-0.15, -0.1) is 12.4 Å². The second kappa shape index (κ2) is 7.71. The molecule has 104 valence electrons. The van der Waals surface area contributed by atoms with E-state index in [0.29, 0.717) is 12.0 Å². The number of likely N-dealkylation sites (N-methyl/N-ethyl adjacent to an activating group) is 1. The highest BCUT2D eigenvalue weighted by molar-refractivity contribution is 5.85. The van der Waals surface area contributed by atoms with Crippen LogP contribution < -0.4 is 5.32 Å². The van der Waals surface area contributed by atoms with Crippen LogP contribution in [-0.4, -0.2) is 36.4 Å². The molecule has 6 heteroatoms. The van der Waals surface area contributed by atoms with Crippen LogP contribution in [-0.2, 0) is 17.6 Å². The van der Waals surface area contributed by atoms with Crippen molar-refractivity contribution in [3.8, 4) is 0 Å². The summed E-state index contributed by atoms with van der Waals surface area (Å²) in [5.41, 5.74) is 0. The minimum Gasteiger partial charge on any atom is -0.381 e. The van der Waals surface area contributed by atoms with Crippen LogP contribution >= 0.6 is 12.4 Å². The molecule has 2 heterocycles. The fourth-order valence-electron chi connectivity index (χ4n) is 1.99. The Morgan fingerprint density at radius 3 is 3.00 bits per heavy atom. The Morgan fingerprint density at radius 1 is 1.50 bits per heavy atom. The van der Waals surface area contributed by atoms with Gasteiger partial charge in [-0.2, -0.15) is 4.98 Å². The number of ether oxygens (including phenoxy) is 1. The molecule has 0 radical (unpaired) electrons. The Kier molecular flexibility index (Phi) is 6.60. The first-order valence-electron chi connectivity index (χ1n) is 6.34. The van der Waals surface area contributed by atoms with Gasteiger partial charge in [0.25, 0.3) is 0 Å². The number of hydrogen-bond acceptors (Lipinski definition) is 5. The van der Waals surface area contributed by atoms with E-state index in [-0.39, 0.29) is 12.4 Å². The molecule has 0 amide bonds. The molecule has 0 saturated carbocycles. The van der Waals surface area contributed by atoms with Gasteiger partial charge in [-0.3, -0.25) is 0 Å². The first-order chi connectivity index (χ1) is 8.28. The third kappa shape index (κ3) is 4.55. The van der Waals surface area contributed by atoms with Crippen molar-refractivity contribution in [2.24, 2.45) is 5.92 Å². The predicted octanol–water partition coefficient (Wildman–Crippen LogP) is 1.61. The molecule has 0 aliphatic carbocycles. The largest absolute Gasteiger partial charge is 0.381 e. The average Bonchev–Trinajstić information content (AvgIpc) is 2.97. The average molecular weight is 276 g/mol. The molecule has 1 aliphatic heterocycles. The lowest BCUT2D eigenvalue weighted by Crippen LogP contribution is -2.24. The molecule has 2 unspecified atom stereocenters. The first kappa shape index (κ1) is 15.4. The zero-order chi connectivity index (χ0) is 12.1. The van der Waals surface area contributed by atoms with Gasteiger partial charge in [-0.25, -0.2) is 0 Å². The topological polar surface area (TPSA) is 60.2 Å². The van der Waals surface area contributed by atoms with Crippen molar-refractivity contribution in [3.63, 3.8) is 0 Å². The fraction of sp³-hybridized carbons (Fsp3) is 0.833. The van der Waals surface area contributed by atoms with E-state index in [4.69, 9.17) is 9.26 Å². The Balaban J connectivity index is 0.00000162. The second-order valence-corrected chi connectivity index (χ2v) is 4.77. The van der Waals surface area contributed by atoms with Crippen molar-refractivity contribution < 1.29 is 9.26 Å². The number of nitrogens with zero attached hydrogens (tertiary/aromatic N) is 2. The molecule has 2 atom stereocenters. The summed E-state index contributed by atoms with van der Waals surface area (Å²) >= 11 is 0. The van der Waals surface area contributed by atoms with Crippen LogP contribution in [0.3, 0.4) is 0 Å². The highest BCUT2D eigenvalue weighted by atomic mass is 35.5. The van der Waals surface area contributed by atoms with Gasteiger partial charge in [-0.05, 0) is 32.7 Å². The van der Waals surface area contributed by atoms with E-state index >= 15 is 0 Å². The summed E-state index contributed by atoms with van der Waals surface area (Å²) in [5, 5.41) is 7.15. The van der Waals surface area contributed by atoms with E-state index in [9.17, 15) is 0 Å². The summed E-state index contributed by atoms with van der Waals surface area (Å²) in [4.78, 5) is 4.40. The van der Waals surface area contributed by atoms with E-state index in [1.807, 2.05) is 7.05 Å². The first-order valence-corrected chi connectivity index (χ1v) is 6.34. The maximum absolute atomic E-state index is 5.34. The Morgan fingerprint density at radius 2 is 2.33 bits per heavy atom. The van der Waals surface area contributed by atoms with E-state index in [2.05, 4.69) is 22.4 Å². The number of halogens is 1. The molecule has 0 aromatic carbocycles. The van der Waals surface area contributed by atoms with Gasteiger partial charge < -0.3 is 14.6 Å². The van der Waals surface area contributed by atoms with Crippen LogP contribution in [0.15, 0.2) is 4.52 Å². The number of hydrogen-bond donors (Lipinski definition) is 1. The Bertz CT molecular complexity index is 340. The molecule has 1 fully saturated rings. The van der Waals surface area contributed by atoms with Gasteiger partial charge in [0.05, 0.1) is 0 Å². The SMILES string of the molecule is CNC(C)Cc1noc(CCC2CCOC2)n1.Cl. The van der Waals surface area contributed by atoms with Gasteiger partial charge in [0.2, 0.25) is 5.89 Å². The van der Waals surface area contributed by atoms with Crippen LogP contribution in [0.25, 0.3) is 0 Å². The summed E-state index contributed by atoms with van der Waals surface area (Å²) < 4.78 is 10.6. The molecule has 1 aliphatic rings. The molecule has 1 saturated heterocycles. The molecule has 5 nitrogen and oxygen atoms in total. The number of rotatable bonds is 6. The summed E-state index contributed by atoms with van der Waals surface area (Å²) in [5.74, 6) is 2.22. The van der Waals surface area contributed by atoms with Crippen LogP contribution in [0.1, 0.15) is 31.5 Å². The maximum atomic E-state index is 5.34. The highest BCUT2D eigenvalue weighted by Gasteiger charge is 2.17. The number of aryl methyl sites for hydroxylation is 1. The molecule has 0 spiro atoms. The normalized spacial score (nSPS) is 20.7. The quantitative estimate of drug-likeness (QED) is 0.855. The molecule has 2 rings (SSSR count). The number of nitrogens with one attached hydrogen (secondary N) is 1. The summed E-state index contributed by atoms with van der Waals surface area (Å²) in [6.45, 7) is 3.89. The monoisotopic (exact) mass is 275 g/mol. The van der Waals surface area contributed by atoms with Crippen LogP contribution in [0.5, 0.6) is 0 Å². The van der Waals surface area contributed by atoms with Gasteiger partial charge in [0.15, 0.2) is 5.82 Å². The fourth-order valence-corrected chi connectivity index (χ4v) is 1.99. The summed E-state index contributed by atoms with van der Waals surface area (Å²) in [6, 6.07) is 0.378. The van der Waals surface area contributed by atoms with Gasteiger partial charge in [0.1, 0.15) is 0 Å². The third-order valence-corrected chi connectivity index (χ3v) is 3.28. The lowest BCUT2D eigenvalue weighted by Gasteiger charge is -2.05. The molecule has 18 heavy (non-hydrogen) atoms. The molecular formula is C12H22ClN3O2. The zero-order valence-electron chi connectivity index (χ0n) is 11.0. The predicted molar refractivity (Wildman–Crippen MR) is 71.0 cm³/mol. The van der Waals surface area contributed by atoms with Crippen LogP contribution in [0.4, 0.5) is 0 Å². The van der Waals surface area contributed by atoms with E-state index in [1.165, 1.54) is 0 Å². The molecule has 1 aromatic rings. The maximum Gasteiger partial charge on any atom is 0.226 e. The van der Waals surface area contributed by atoms with Crippen LogP contribution in [0.2, 0.25) is 0 Å². The van der Waals surface area contributed by atoms with Gasteiger partial charge in [0, 0.05) is 32.1 Å². The van der Waals surface area contributed by atoms with E-state index < -0.39 is 0 Å². The van der Waals surface area contributed by atoms with Crippen LogP contribution in [0, 0.1) is 5.92 Å². The molecular weight excluding hydrogens is 254 g/mol. The second-order valence-electron chi connectivity index (χ2n) is 4.77. The lowest BCUT2D eigenvalue weighted by atomic mass is 10.0. The smallest absolute Gasteiger partial charge is 0.226 e. The number of aromatic nitrogens is 2. The summed E-state index contributed by atoms with van der Waals surface area (Å²) in [6.07, 6.45) is 3.93. The molecule has 0 bridgehead atoms. The zero-order valence-corrected chi connectivity index (χ0v) is 11.8.